The van der Waals surface area contributed by atoms with Gasteiger partial charge in [-0.2, -0.15) is 0 Å². The molecule has 2 rings (SSSR count). The first-order valence-electron chi connectivity index (χ1n) is 7.89. The van der Waals surface area contributed by atoms with Crippen LogP contribution in [0.1, 0.15) is 25.8 Å². The van der Waals surface area contributed by atoms with Crippen LogP contribution < -0.4 is 9.47 Å². The summed E-state index contributed by atoms with van der Waals surface area (Å²) in [5.41, 5.74) is 0.952. The van der Waals surface area contributed by atoms with E-state index in [4.69, 9.17) is 14.2 Å². The number of esters is 1. The summed E-state index contributed by atoms with van der Waals surface area (Å²) in [5.74, 6) is 0.598. The minimum atomic E-state index is -0.402. The Morgan fingerprint density at radius 1 is 1.30 bits per heavy atom. The van der Waals surface area contributed by atoms with Crippen LogP contribution in [0.15, 0.2) is 18.2 Å². The average molecular weight is 321 g/mol. The quantitative estimate of drug-likeness (QED) is 0.754. The number of benzene rings is 1. The predicted octanol–water partition coefficient (Wildman–Crippen LogP) is 2.64. The highest BCUT2D eigenvalue weighted by Gasteiger charge is 2.27. The molecule has 1 atom stereocenters. The highest BCUT2D eigenvalue weighted by Crippen LogP contribution is 2.30. The number of rotatable bonds is 6. The summed E-state index contributed by atoms with van der Waals surface area (Å²) in [4.78, 5) is 25.2. The molecule has 1 saturated heterocycles. The normalized spacial score (nSPS) is 16.8. The summed E-state index contributed by atoms with van der Waals surface area (Å²) in [6, 6.07) is 5.35. The van der Waals surface area contributed by atoms with Crippen molar-refractivity contribution >= 4 is 12.1 Å². The van der Waals surface area contributed by atoms with Gasteiger partial charge in [0.25, 0.3) is 0 Å². The van der Waals surface area contributed by atoms with Gasteiger partial charge in [-0.1, -0.05) is 6.07 Å². The zero-order valence-corrected chi connectivity index (χ0v) is 13.8. The topological polar surface area (TPSA) is 65.1 Å². The van der Waals surface area contributed by atoms with Crippen molar-refractivity contribution in [1.29, 1.82) is 0 Å². The van der Waals surface area contributed by atoms with Crippen LogP contribution in [-0.4, -0.2) is 43.8 Å². The van der Waals surface area contributed by atoms with E-state index in [1.54, 1.807) is 17.0 Å². The second-order valence-electron chi connectivity index (χ2n) is 5.38. The van der Waals surface area contributed by atoms with Gasteiger partial charge in [0.1, 0.15) is 0 Å². The van der Waals surface area contributed by atoms with Crippen molar-refractivity contribution in [2.45, 2.75) is 26.7 Å². The second kappa shape index (κ2) is 7.85. The molecule has 1 fully saturated rings. The zero-order valence-electron chi connectivity index (χ0n) is 13.8. The summed E-state index contributed by atoms with van der Waals surface area (Å²) in [7, 11) is 1.53. The molecule has 0 aromatic heterocycles. The van der Waals surface area contributed by atoms with E-state index in [0.717, 1.165) is 12.0 Å². The Kier molecular flexibility index (Phi) is 5.84. The van der Waals surface area contributed by atoms with Crippen molar-refractivity contribution in [2.75, 3.05) is 26.8 Å². The second-order valence-corrected chi connectivity index (χ2v) is 5.38. The van der Waals surface area contributed by atoms with Crippen molar-refractivity contribution in [3.63, 3.8) is 0 Å². The van der Waals surface area contributed by atoms with Gasteiger partial charge in [0.05, 0.1) is 19.6 Å². The zero-order chi connectivity index (χ0) is 16.8. The SMILES string of the molecule is CCN(CC)C(=O)Oc1ccc(C[C@@H]2CCOC2=O)cc1OC. The lowest BCUT2D eigenvalue weighted by Gasteiger charge is -2.19. The van der Waals surface area contributed by atoms with E-state index in [1.165, 1.54) is 7.11 Å². The number of hydrogen-bond acceptors (Lipinski definition) is 5. The molecule has 0 N–H and O–H groups in total. The fourth-order valence-electron chi connectivity index (χ4n) is 2.57. The standard InChI is InChI=1S/C17H23NO5/c1-4-18(5-2)17(20)23-14-7-6-12(11-15(14)21-3)10-13-8-9-22-16(13)19/h6-7,11,13H,4-5,8-10H2,1-3H3/t13-/m0/s1. The van der Waals surface area contributed by atoms with E-state index in [0.29, 0.717) is 37.6 Å². The van der Waals surface area contributed by atoms with Gasteiger partial charge in [-0.25, -0.2) is 4.79 Å². The molecule has 0 aliphatic carbocycles. The Hall–Kier alpha value is -2.24. The van der Waals surface area contributed by atoms with Gasteiger partial charge in [0.15, 0.2) is 11.5 Å². The summed E-state index contributed by atoms with van der Waals surface area (Å²) >= 11 is 0. The fraction of sp³-hybridized carbons (Fsp3) is 0.529. The van der Waals surface area contributed by atoms with E-state index >= 15 is 0 Å². The van der Waals surface area contributed by atoms with Crippen LogP contribution in [0.3, 0.4) is 0 Å². The van der Waals surface area contributed by atoms with E-state index in [-0.39, 0.29) is 11.9 Å². The summed E-state index contributed by atoms with van der Waals surface area (Å²) in [5, 5.41) is 0. The lowest BCUT2D eigenvalue weighted by Crippen LogP contribution is -2.33. The van der Waals surface area contributed by atoms with E-state index in [1.807, 2.05) is 19.9 Å². The van der Waals surface area contributed by atoms with Crippen LogP contribution in [0.2, 0.25) is 0 Å². The minimum absolute atomic E-state index is 0.108. The summed E-state index contributed by atoms with van der Waals surface area (Å²) in [6.45, 7) is 5.44. The molecule has 0 saturated carbocycles. The van der Waals surface area contributed by atoms with Crippen LogP contribution in [0.4, 0.5) is 4.79 Å². The Morgan fingerprint density at radius 2 is 2.04 bits per heavy atom. The molecule has 6 heteroatoms. The number of carbonyl (C=O) groups is 2. The molecular weight excluding hydrogens is 298 g/mol. The van der Waals surface area contributed by atoms with Gasteiger partial charge < -0.3 is 19.1 Å². The predicted molar refractivity (Wildman–Crippen MR) is 84.7 cm³/mol. The third kappa shape index (κ3) is 4.15. The van der Waals surface area contributed by atoms with Crippen molar-refractivity contribution < 1.29 is 23.8 Å². The molecule has 1 aromatic rings. The molecule has 1 aliphatic heterocycles. The van der Waals surface area contributed by atoms with Gasteiger partial charge in [-0.05, 0) is 44.4 Å². The number of cyclic esters (lactones) is 1. The lowest BCUT2D eigenvalue weighted by molar-refractivity contribution is -0.141. The Balaban J connectivity index is 2.10. The van der Waals surface area contributed by atoms with Gasteiger partial charge in [0.2, 0.25) is 0 Å². The molecule has 1 heterocycles. The molecule has 1 aliphatic rings. The first kappa shape index (κ1) is 17.1. The van der Waals surface area contributed by atoms with Gasteiger partial charge >= 0.3 is 12.1 Å². The van der Waals surface area contributed by atoms with Crippen molar-refractivity contribution in [3.05, 3.63) is 23.8 Å². The molecule has 23 heavy (non-hydrogen) atoms. The van der Waals surface area contributed by atoms with Gasteiger partial charge in [-0.3, -0.25) is 4.79 Å². The highest BCUT2D eigenvalue weighted by atomic mass is 16.6. The van der Waals surface area contributed by atoms with Crippen LogP contribution >= 0.6 is 0 Å². The Labute approximate surface area is 136 Å². The van der Waals surface area contributed by atoms with Crippen LogP contribution in [-0.2, 0) is 16.0 Å². The Bertz CT molecular complexity index is 568. The number of amides is 1. The Morgan fingerprint density at radius 3 is 2.61 bits per heavy atom. The summed E-state index contributed by atoms with van der Waals surface area (Å²) < 4.78 is 15.7. The van der Waals surface area contributed by atoms with Gasteiger partial charge in [0, 0.05) is 13.1 Å². The third-order valence-corrected chi connectivity index (χ3v) is 3.97. The summed E-state index contributed by atoms with van der Waals surface area (Å²) in [6.07, 6.45) is 0.930. The maximum atomic E-state index is 12.0. The van der Waals surface area contributed by atoms with Crippen LogP contribution in [0, 0.1) is 5.92 Å². The maximum absolute atomic E-state index is 12.0. The molecule has 0 spiro atoms. The number of nitrogens with zero attached hydrogens (tertiary/aromatic N) is 1. The molecule has 6 nitrogen and oxygen atoms in total. The number of carbonyl (C=O) groups excluding carboxylic acids is 2. The largest absolute Gasteiger partial charge is 0.493 e. The lowest BCUT2D eigenvalue weighted by atomic mass is 9.98. The maximum Gasteiger partial charge on any atom is 0.415 e. The molecular formula is C17H23NO5. The molecule has 1 aromatic carbocycles. The third-order valence-electron chi connectivity index (χ3n) is 3.97. The fourth-order valence-corrected chi connectivity index (χ4v) is 2.57. The molecule has 1 amide bonds. The van der Waals surface area contributed by atoms with Gasteiger partial charge in [-0.15, -0.1) is 0 Å². The van der Waals surface area contributed by atoms with E-state index < -0.39 is 6.09 Å². The monoisotopic (exact) mass is 321 g/mol. The van der Waals surface area contributed by atoms with E-state index in [9.17, 15) is 9.59 Å². The number of ether oxygens (including phenoxy) is 3. The first-order valence-corrected chi connectivity index (χ1v) is 7.89. The molecule has 126 valence electrons. The minimum Gasteiger partial charge on any atom is -0.493 e. The number of hydrogen-bond donors (Lipinski definition) is 0. The van der Waals surface area contributed by atoms with E-state index in [2.05, 4.69) is 0 Å². The first-order chi connectivity index (χ1) is 11.1. The smallest absolute Gasteiger partial charge is 0.415 e. The van der Waals surface area contributed by atoms with Crippen molar-refractivity contribution in [2.24, 2.45) is 5.92 Å². The van der Waals surface area contributed by atoms with Crippen molar-refractivity contribution in [1.82, 2.24) is 4.90 Å². The average Bonchev–Trinajstić information content (AvgIpc) is 2.95. The highest BCUT2D eigenvalue weighted by molar-refractivity contribution is 5.74. The number of methoxy groups -OCH3 is 1. The van der Waals surface area contributed by atoms with Crippen LogP contribution in [0.25, 0.3) is 0 Å². The molecule has 0 radical (unpaired) electrons. The van der Waals surface area contributed by atoms with Crippen molar-refractivity contribution in [3.8, 4) is 11.5 Å². The van der Waals surface area contributed by atoms with Crippen LogP contribution in [0.5, 0.6) is 11.5 Å². The molecule has 0 unspecified atom stereocenters. The molecule has 0 bridgehead atoms.